The summed E-state index contributed by atoms with van der Waals surface area (Å²) < 4.78 is 13.8. The zero-order valence-corrected chi connectivity index (χ0v) is 12.7. The molecule has 1 aromatic carbocycles. The zero-order valence-electron chi connectivity index (χ0n) is 11.9. The van der Waals surface area contributed by atoms with Crippen LogP contribution in [0.5, 0.6) is 0 Å². The number of hydrogen-bond donors (Lipinski definition) is 2. The molecule has 2 aliphatic rings. The summed E-state index contributed by atoms with van der Waals surface area (Å²) in [6, 6.07) is 4.87. The first-order chi connectivity index (χ1) is 10.1. The van der Waals surface area contributed by atoms with Gasteiger partial charge in [0.05, 0.1) is 18.1 Å². The van der Waals surface area contributed by atoms with Crippen molar-refractivity contribution in [3.8, 4) is 0 Å². The summed E-state index contributed by atoms with van der Waals surface area (Å²) in [5.41, 5.74) is 0.0242. The summed E-state index contributed by atoms with van der Waals surface area (Å²) in [5.74, 6) is 0.445. The van der Waals surface area contributed by atoms with Crippen molar-refractivity contribution >= 4 is 17.7 Å². The highest BCUT2D eigenvalue weighted by Gasteiger charge is 2.34. The topological polar surface area (TPSA) is 49.3 Å². The van der Waals surface area contributed by atoms with Crippen molar-refractivity contribution in [3.05, 3.63) is 29.6 Å². The summed E-state index contributed by atoms with van der Waals surface area (Å²) in [7, 11) is 0. The van der Waals surface area contributed by atoms with Gasteiger partial charge in [-0.25, -0.2) is 4.39 Å². The first-order valence-corrected chi connectivity index (χ1v) is 8.49. The Hall–Kier alpha value is -1.07. The van der Waals surface area contributed by atoms with Crippen molar-refractivity contribution in [2.45, 2.75) is 55.1 Å². The summed E-state index contributed by atoms with van der Waals surface area (Å²) >= 11 is 1.50. The molecule has 1 aliphatic carbocycles. The lowest BCUT2D eigenvalue weighted by atomic mass is 9.96. The van der Waals surface area contributed by atoms with E-state index in [-0.39, 0.29) is 24.2 Å². The monoisotopic (exact) mass is 309 g/mol. The first-order valence-electron chi connectivity index (χ1n) is 7.50. The van der Waals surface area contributed by atoms with E-state index in [2.05, 4.69) is 5.32 Å². The molecule has 1 saturated carbocycles. The third-order valence-corrected chi connectivity index (χ3v) is 5.54. The standard InChI is InChI=1S/C16H20FNO2S/c17-12-5-3-4-11-13(6-9-21-15(11)12)18-14(19)10-16(20)7-1-2-8-16/h3-5,13,20H,1-2,6-10H2,(H,18,19). The maximum absolute atomic E-state index is 13.8. The van der Waals surface area contributed by atoms with E-state index in [9.17, 15) is 14.3 Å². The van der Waals surface area contributed by atoms with Crippen LogP contribution in [0, 0.1) is 5.82 Å². The van der Waals surface area contributed by atoms with Gasteiger partial charge in [0.25, 0.3) is 0 Å². The van der Waals surface area contributed by atoms with Crippen LogP contribution >= 0.6 is 11.8 Å². The molecule has 0 bridgehead atoms. The maximum Gasteiger partial charge on any atom is 0.223 e. The van der Waals surface area contributed by atoms with Gasteiger partial charge in [-0.2, -0.15) is 0 Å². The van der Waals surface area contributed by atoms with Gasteiger partial charge in [0, 0.05) is 10.6 Å². The Balaban J connectivity index is 1.69. The van der Waals surface area contributed by atoms with Gasteiger partial charge in [-0.05, 0) is 30.9 Å². The van der Waals surface area contributed by atoms with Crippen molar-refractivity contribution in [2.75, 3.05) is 5.75 Å². The number of rotatable bonds is 3. The van der Waals surface area contributed by atoms with Crippen LogP contribution in [0.3, 0.4) is 0 Å². The number of fused-ring (bicyclic) bond motifs is 1. The zero-order chi connectivity index (χ0) is 14.9. The van der Waals surface area contributed by atoms with Crippen molar-refractivity contribution in [1.82, 2.24) is 5.32 Å². The van der Waals surface area contributed by atoms with Gasteiger partial charge in [0.2, 0.25) is 5.91 Å². The summed E-state index contributed by atoms with van der Waals surface area (Å²) in [6.07, 6.45) is 4.32. The van der Waals surface area contributed by atoms with E-state index < -0.39 is 5.60 Å². The molecule has 1 amide bonds. The number of benzene rings is 1. The molecule has 114 valence electrons. The molecule has 5 heteroatoms. The maximum atomic E-state index is 13.8. The second kappa shape index (κ2) is 5.97. The Kier molecular flexibility index (Phi) is 4.22. The van der Waals surface area contributed by atoms with E-state index in [0.717, 1.165) is 30.6 Å². The Morgan fingerprint density at radius 3 is 2.95 bits per heavy atom. The van der Waals surface area contributed by atoms with Gasteiger partial charge >= 0.3 is 0 Å². The summed E-state index contributed by atoms with van der Waals surface area (Å²) in [5, 5.41) is 13.3. The minimum absolute atomic E-state index is 0.133. The highest BCUT2D eigenvalue weighted by molar-refractivity contribution is 7.99. The smallest absolute Gasteiger partial charge is 0.223 e. The number of carbonyl (C=O) groups excluding carboxylic acids is 1. The molecule has 0 aromatic heterocycles. The molecule has 3 rings (SSSR count). The fourth-order valence-corrected chi connectivity index (χ4v) is 4.43. The molecule has 21 heavy (non-hydrogen) atoms. The molecule has 2 N–H and O–H groups in total. The van der Waals surface area contributed by atoms with Crippen LogP contribution in [-0.2, 0) is 4.79 Å². The Morgan fingerprint density at radius 1 is 1.43 bits per heavy atom. The minimum atomic E-state index is -0.835. The van der Waals surface area contributed by atoms with Crippen LogP contribution in [0.2, 0.25) is 0 Å². The third-order valence-electron chi connectivity index (χ3n) is 4.38. The molecular formula is C16H20FNO2S. The van der Waals surface area contributed by atoms with Crippen LogP contribution in [0.25, 0.3) is 0 Å². The van der Waals surface area contributed by atoms with Gasteiger partial charge in [0.15, 0.2) is 0 Å². The number of halogens is 1. The average molecular weight is 309 g/mol. The van der Waals surface area contributed by atoms with E-state index in [4.69, 9.17) is 0 Å². The highest BCUT2D eigenvalue weighted by Crippen LogP contribution is 2.38. The molecule has 1 aromatic rings. The van der Waals surface area contributed by atoms with E-state index in [1.54, 1.807) is 6.07 Å². The molecule has 1 atom stereocenters. The van der Waals surface area contributed by atoms with Gasteiger partial charge in [-0.15, -0.1) is 11.8 Å². The van der Waals surface area contributed by atoms with Gasteiger partial charge in [-0.1, -0.05) is 25.0 Å². The van der Waals surface area contributed by atoms with Crippen LogP contribution < -0.4 is 5.32 Å². The number of aliphatic hydroxyl groups is 1. The van der Waals surface area contributed by atoms with Crippen molar-refractivity contribution < 1.29 is 14.3 Å². The lowest BCUT2D eigenvalue weighted by Crippen LogP contribution is -2.37. The number of nitrogens with one attached hydrogen (secondary N) is 1. The molecule has 0 spiro atoms. The lowest BCUT2D eigenvalue weighted by Gasteiger charge is -2.28. The van der Waals surface area contributed by atoms with Crippen LogP contribution in [0.15, 0.2) is 23.1 Å². The number of hydrogen-bond acceptors (Lipinski definition) is 3. The van der Waals surface area contributed by atoms with Gasteiger partial charge in [-0.3, -0.25) is 4.79 Å². The normalized spacial score (nSPS) is 23.6. The molecule has 1 aliphatic heterocycles. The minimum Gasteiger partial charge on any atom is -0.389 e. The van der Waals surface area contributed by atoms with Crippen molar-refractivity contribution in [2.24, 2.45) is 0 Å². The van der Waals surface area contributed by atoms with Crippen LogP contribution in [0.4, 0.5) is 4.39 Å². The highest BCUT2D eigenvalue weighted by atomic mass is 32.2. The molecule has 0 saturated heterocycles. The SMILES string of the molecule is O=C(CC1(O)CCCC1)NC1CCSc2c(F)cccc21. The largest absolute Gasteiger partial charge is 0.389 e. The van der Waals surface area contributed by atoms with Crippen molar-refractivity contribution in [1.29, 1.82) is 0 Å². The predicted octanol–water partition coefficient (Wildman–Crippen LogP) is 3.17. The van der Waals surface area contributed by atoms with E-state index in [0.29, 0.717) is 17.7 Å². The molecular weight excluding hydrogens is 289 g/mol. The summed E-state index contributed by atoms with van der Waals surface area (Å²) in [4.78, 5) is 12.8. The van der Waals surface area contributed by atoms with E-state index >= 15 is 0 Å². The van der Waals surface area contributed by atoms with Crippen molar-refractivity contribution in [3.63, 3.8) is 0 Å². The second-order valence-corrected chi connectivity index (χ2v) is 7.13. The molecule has 1 heterocycles. The van der Waals surface area contributed by atoms with Crippen LogP contribution in [-0.4, -0.2) is 22.4 Å². The molecule has 3 nitrogen and oxygen atoms in total. The molecule has 1 unspecified atom stereocenters. The first kappa shape index (κ1) is 14.9. The summed E-state index contributed by atoms with van der Waals surface area (Å²) in [6.45, 7) is 0. The second-order valence-electron chi connectivity index (χ2n) is 6.02. The quantitative estimate of drug-likeness (QED) is 0.901. The van der Waals surface area contributed by atoms with Gasteiger partial charge in [0.1, 0.15) is 5.82 Å². The lowest BCUT2D eigenvalue weighted by molar-refractivity contribution is -0.126. The number of carbonyl (C=O) groups is 1. The Bertz CT molecular complexity index is 543. The Labute approximate surface area is 128 Å². The molecule has 0 radical (unpaired) electrons. The fraction of sp³-hybridized carbons (Fsp3) is 0.562. The predicted molar refractivity (Wildman–Crippen MR) is 80.7 cm³/mol. The average Bonchev–Trinajstić information content (AvgIpc) is 2.86. The Morgan fingerprint density at radius 2 is 2.19 bits per heavy atom. The van der Waals surface area contributed by atoms with E-state index in [1.165, 1.54) is 17.8 Å². The molecule has 1 fully saturated rings. The van der Waals surface area contributed by atoms with Gasteiger partial charge < -0.3 is 10.4 Å². The fourth-order valence-electron chi connectivity index (χ4n) is 3.29. The number of thioether (sulfide) groups is 1. The van der Waals surface area contributed by atoms with Crippen LogP contribution in [0.1, 0.15) is 50.1 Å². The third kappa shape index (κ3) is 3.24. The van der Waals surface area contributed by atoms with E-state index in [1.807, 2.05) is 6.07 Å². The number of amides is 1.